The number of urea groups is 1. The third-order valence-corrected chi connectivity index (χ3v) is 5.77. The molecular weight excluding hydrogens is 372 g/mol. The summed E-state index contributed by atoms with van der Waals surface area (Å²) in [6.07, 6.45) is 3.97. The van der Waals surface area contributed by atoms with Gasteiger partial charge < -0.3 is 24.2 Å². The van der Waals surface area contributed by atoms with Crippen molar-refractivity contribution in [3.63, 3.8) is 0 Å². The Labute approximate surface area is 170 Å². The molecule has 2 aliphatic rings. The number of likely N-dealkylation sites (tertiary alicyclic amines) is 1. The van der Waals surface area contributed by atoms with Crippen LogP contribution in [0.25, 0.3) is 11.5 Å². The molecule has 8 heteroatoms. The number of para-hydroxylation sites is 1. The molecule has 1 aromatic heterocycles. The van der Waals surface area contributed by atoms with E-state index in [9.17, 15) is 4.79 Å². The summed E-state index contributed by atoms with van der Waals surface area (Å²) >= 11 is 0. The summed E-state index contributed by atoms with van der Waals surface area (Å²) in [6, 6.07) is 7.71. The lowest BCUT2D eigenvalue weighted by atomic mass is 9.96. The Balaban J connectivity index is 1.34. The van der Waals surface area contributed by atoms with Gasteiger partial charge in [0.2, 0.25) is 0 Å². The number of benzene rings is 1. The quantitative estimate of drug-likeness (QED) is 0.768. The number of carbonyl (C=O) groups excluding carboxylic acids is 1. The predicted octanol–water partition coefficient (Wildman–Crippen LogP) is 3.06. The molecule has 1 saturated carbocycles. The second-order valence-electron chi connectivity index (χ2n) is 7.77. The highest BCUT2D eigenvalue weighted by atomic mass is 16.5. The van der Waals surface area contributed by atoms with Gasteiger partial charge in [-0.25, -0.2) is 4.79 Å². The molecule has 2 aromatic rings. The lowest BCUT2D eigenvalue weighted by Gasteiger charge is -2.32. The summed E-state index contributed by atoms with van der Waals surface area (Å²) in [7, 11) is 3.30. The highest BCUT2D eigenvalue weighted by Gasteiger charge is 2.34. The summed E-state index contributed by atoms with van der Waals surface area (Å²) in [5.74, 6) is 2.61. The van der Waals surface area contributed by atoms with Crippen molar-refractivity contribution in [2.45, 2.75) is 37.6 Å². The molecule has 1 aliphatic carbocycles. The second kappa shape index (κ2) is 8.82. The van der Waals surface area contributed by atoms with E-state index < -0.39 is 0 Å². The molecule has 0 radical (unpaired) electrons. The normalized spacial score (nSPS) is 18.5. The molecule has 4 rings (SSSR count). The van der Waals surface area contributed by atoms with Gasteiger partial charge in [0.25, 0.3) is 5.89 Å². The number of aromatic nitrogens is 2. The summed E-state index contributed by atoms with van der Waals surface area (Å²) < 4.78 is 16.1. The van der Waals surface area contributed by atoms with E-state index in [2.05, 4.69) is 15.5 Å². The fourth-order valence-electron chi connectivity index (χ4n) is 3.90. The SMILES string of the molecule is COCC(NC(=O)N1CCC(c2noc(-c3ccccc3OC)n2)CC1)C1CC1. The number of hydrogen-bond donors (Lipinski definition) is 1. The number of rotatable bonds is 7. The van der Waals surface area contributed by atoms with Gasteiger partial charge in [0.05, 0.1) is 25.3 Å². The molecule has 2 fully saturated rings. The van der Waals surface area contributed by atoms with Gasteiger partial charge in [0.1, 0.15) is 5.75 Å². The number of piperidine rings is 1. The van der Waals surface area contributed by atoms with E-state index in [1.165, 1.54) is 12.8 Å². The first-order valence-electron chi connectivity index (χ1n) is 10.2. The van der Waals surface area contributed by atoms with Crippen LogP contribution < -0.4 is 10.1 Å². The highest BCUT2D eigenvalue weighted by molar-refractivity contribution is 5.74. The number of carbonyl (C=O) groups is 1. The first-order valence-corrected chi connectivity index (χ1v) is 10.2. The van der Waals surface area contributed by atoms with Gasteiger partial charge in [0, 0.05) is 26.1 Å². The number of nitrogens with zero attached hydrogens (tertiary/aromatic N) is 3. The van der Waals surface area contributed by atoms with Gasteiger partial charge in [-0.3, -0.25) is 0 Å². The van der Waals surface area contributed by atoms with Crippen molar-refractivity contribution in [2.24, 2.45) is 5.92 Å². The lowest BCUT2D eigenvalue weighted by Crippen LogP contribution is -2.49. The van der Waals surface area contributed by atoms with E-state index >= 15 is 0 Å². The highest BCUT2D eigenvalue weighted by Crippen LogP contribution is 2.34. The van der Waals surface area contributed by atoms with Crippen LogP contribution in [0.1, 0.15) is 37.4 Å². The molecule has 0 bridgehead atoms. The van der Waals surface area contributed by atoms with Crippen molar-refractivity contribution < 1.29 is 18.8 Å². The van der Waals surface area contributed by atoms with E-state index in [1.54, 1.807) is 14.2 Å². The van der Waals surface area contributed by atoms with E-state index in [0.29, 0.717) is 43.1 Å². The maximum atomic E-state index is 12.6. The van der Waals surface area contributed by atoms with E-state index in [0.717, 1.165) is 18.4 Å². The summed E-state index contributed by atoms with van der Waals surface area (Å²) in [4.78, 5) is 19.1. The topological polar surface area (TPSA) is 89.7 Å². The molecule has 1 aromatic carbocycles. The summed E-state index contributed by atoms with van der Waals surface area (Å²) in [6.45, 7) is 1.93. The largest absolute Gasteiger partial charge is 0.496 e. The zero-order valence-electron chi connectivity index (χ0n) is 17.0. The average Bonchev–Trinajstić information content (AvgIpc) is 3.50. The van der Waals surface area contributed by atoms with Crippen LogP contribution in [0.3, 0.4) is 0 Å². The zero-order valence-corrected chi connectivity index (χ0v) is 17.0. The van der Waals surface area contributed by atoms with Gasteiger partial charge >= 0.3 is 6.03 Å². The van der Waals surface area contributed by atoms with Crippen LogP contribution in [0.4, 0.5) is 4.79 Å². The minimum atomic E-state index is 0.000206. The van der Waals surface area contributed by atoms with Gasteiger partial charge in [-0.2, -0.15) is 4.98 Å². The van der Waals surface area contributed by atoms with Crippen molar-refractivity contribution >= 4 is 6.03 Å². The fraction of sp³-hybridized carbons (Fsp3) is 0.571. The van der Waals surface area contributed by atoms with Crippen LogP contribution in [-0.4, -0.2) is 61.0 Å². The summed E-state index contributed by atoms with van der Waals surface area (Å²) in [5, 5.41) is 7.33. The Bertz CT molecular complexity index is 828. The van der Waals surface area contributed by atoms with Crippen LogP contribution in [0.15, 0.2) is 28.8 Å². The Morgan fingerprint density at radius 1 is 1.24 bits per heavy atom. The molecule has 156 valence electrons. The van der Waals surface area contributed by atoms with Crippen molar-refractivity contribution in [2.75, 3.05) is 33.9 Å². The van der Waals surface area contributed by atoms with Gasteiger partial charge in [-0.15, -0.1) is 0 Å². The minimum Gasteiger partial charge on any atom is -0.496 e. The van der Waals surface area contributed by atoms with Crippen LogP contribution >= 0.6 is 0 Å². The number of hydrogen-bond acceptors (Lipinski definition) is 6. The Kier molecular flexibility index (Phi) is 5.99. The lowest BCUT2D eigenvalue weighted by molar-refractivity contribution is 0.142. The van der Waals surface area contributed by atoms with Gasteiger partial charge in [-0.05, 0) is 43.7 Å². The van der Waals surface area contributed by atoms with Crippen LogP contribution in [-0.2, 0) is 4.74 Å². The molecule has 1 aliphatic heterocycles. The third-order valence-electron chi connectivity index (χ3n) is 5.77. The molecule has 2 heterocycles. The molecule has 0 spiro atoms. The van der Waals surface area contributed by atoms with Crippen molar-refractivity contribution in [3.05, 3.63) is 30.1 Å². The number of ether oxygens (including phenoxy) is 2. The van der Waals surface area contributed by atoms with Crippen LogP contribution in [0.2, 0.25) is 0 Å². The van der Waals surface area contributed by atoms with Gasteiger partial charge in [-0.1, -0.05) is 17.3 Å². The third kappa shape index (κ3) is 4.53. The zero-order chi connectivity index (χ0) is 20.2. The first-order chi connectivity index (χ1) is 14.2. The van der Waals surface area contributed by atoms with E-state index in [4.69, 9.17) is 14.0 Å². The van der Waals surface area contributed by atoms with Gasteiger partial charge in [0.15, 0.2) is 5.82 Å². The van der Waals surface area contributed by atoms with Crippen molar-refractivity contribution in [3.8, 4) is 17.2 Å². The molecular formula is C21H28N4O4. The average molecular weight is 400 g/mol. The number of methoxy groups -OCH3 is 2. The van der Waals surface area contributed by atoms with Crippen molar-refractivity contribution in [1.82, 2.24) is 20.4 Å². The van der Waals surface area contributed by atoms with Crippen LogP contribution in [0.5, 0.6) is 5.75 Å². The Morgan fingerprint density at radius 2 is 2.00 bits per heavy atom. The molecule has 29 heavy (non-hydrogen) atoms. The minimum absolute atomic E-state index is 0.000206. The van der Waals surface area contributed by atoms with E-state index in [1.807, 2.05) is 29.2 Å². The maximum Gasteiger partial charge on any atom is 0.317 e. The smallest absolute Gasteiger partial charge is 0.317 e. The first kappa shape index (κ1) is 19.7. The Morgan fingerprint density at radius 3 is 2.69 bits per heavy atom. The predicted molar refractivity (Wildman–Crippen MR) is 107 cm³/mol. The van der Waals surface area contributed by atoms with Crippen molar-refractivity contribution in [1.29, 1.82) is 0 Å². The molecule has 1 saturated heterocycles. The molecule has 1 atom stereocenters. The van der Waals surface area contributed by atoms with E-state index in [-0.39, 0.29) is 18.0 Å². The molecule has 1 unspecified atom stereocenters. The maximum absolute atomic E-state index is 12.6. The fourth-order valence-corrected chi connectivity index (χ4v) is 3.90. The monoisotopic (exact) mass is 400 g/mol. The number of nitrogens with one attached hydrogen (secondary N) is 1. The standard InChI is InChI=1S/C21H28N4O4/c1-27-13-17(14-7-8-14)22-21(26)25-11-9-15(10-12-25)19-23-20(29-24-19)16-5-3-4-6-18(16)28-2/h3-6,14-15,17H,7-13H2,1-2H3,(H,22,26). The summed E-state index contributed by atoms with van der Waals surface area (Å²) in [5.41, 5.74) is 0.787. The molecule has 2 amide bonds. The van der Waals surface area contributed by atoms with Crippen LogP contribution in [0, 0.1) is 5.92 Å². The molecule has 1 N–H and O–H groups in total. The molecule has 8 nitrogen and oxygen atoms in total. The number of amides is 2. The Hall–Kier alpha value is -2.61. The second-order valence-corrected chi connectivity index (χ2v) is 7.77.